The molecule has 1 aromatic carbocycles. The number of benzene rings is 1. The molecule has 1 N–H and O–H groups in total. The molecule has 4 aromatic rings. The maximum atomic E-state index is 13.8. The molecule has 14 heteroatoms. The van der Waals surface area contributed by atoms with Gasteiger partial charge >= 0.3 is 12.4 Å². The number of alkyl halides is 6. The summed E-state index contributed by atoms with van der Waals surface area (Å²) in [6.07, 6.45) is -8.46. The summed E-state index contributed by atoms with van der Waals surface area (Å²) in [6, 6.07) is 7.65. The van der Waals surface area contributed by atoms with Gasteiger partial charge in [-0.1, -0.05) is 22.0 Å². The average molecular weight is 588 g/mol. The minimum atomic E-state index is -4.96. The third-order valence-corrected chi connectivity index (χ3v) is 5.85. The van der Waals surface area contributed by atoms with Gasteiger partial charge in [-0.05, 0) is 36.8 Å². The summed E-state index contributed by atoms with van der Waals surface area (Å²) in [7, 11) is 1.41. The first-order valence-electron chi connectivity index (χ1n) is 10.4. The highest BCUT2D eigenvalue weighted by molar-refractivity contribution is 9.10. The van der Waals surface area contributed by atoms with Gasteiger partial charge in [0.15, 0.2) is 5.69 Å². The minimum absolute atomic E-state index is 0.0165. The summed E-state index contributed by atoms with van der Waals surface area (Å²) in [5.74, 6) is -0.880. The van der Waals surface area contributed by atoms with E-state index in [1.807, 2.05) is 0 Å². The molecule has 0 saturated carbocycles. The van der Waals surface area contributed by atoms with Crippen molar-refractivity contribution in [1.82, 2.24) is 19.7 Å². The van der Waals surface area contributed by atoms with E-state index in [1.165, 1.54) is 44.5 Å². The molecule has 194 valence electrons. The van der Waals surface area contributed by atoms with Gasteiger partial charge < -0.3 is 10.1 Å². The molecule has 4 rings (SSSR count). The monoisotopic (exact) mass is 587 g/mol. The second-order valence-electron chi connectivity index (χ2n) is 7.84. The predicted octanol–water partition coefficient (Wildman–Crippen LogP) is 6.24. The van der Waals surface area contributed by atoms with Crippen molar-refractivity contribution >= 4 is 38.4 Å². The van der Waals surface area contributed by atoms with Crippen LogP contribution in [0.5, 0.6) is 5.88 Å². The van der Waals surface area contributed by atoms with E-state index >= 15 is 0 Å². The fourth-order valence-corrected chi connectivity index (χ4v) is 3.92. The Balaban J connectivity index is 1.77. The SMILES string of the molecule is COc1ccc(Cn2nc(C(F)(F)F)c(NC(=O)c3cc(C(F)(F)F)nc4ccc(Br)cc34)c2C)cn1. The highest BCUT2D eigenvalue weighted by Gasteiger charge is 2.40. The summed E-state index contributed by atoms with van der Waals surface area (Å²) in [5.41, 5.74) is -3.65. The van der Waals surface area contributed by atoms with Crippen LogP contribution in [0.1, 0.15) is 33.0 Å². The minimum Gasteiger partial charge on any atom is -0.481 e. The van der Waals surface area contributed by atoms with Crippen LogP contribution in [-0.2, 0) is 18.9 Å². The molecule has 7 nitrogen and oxygen atoms in total. The number of hydrogen-bond acceptors (Lipinski definition) is 5. The van der Waals surface area contributed by atoms with Crippen molar-refractivity contribution in [3.05, 3.63) is 75.3 Å². The Morgan fingerprint density at radius 3 is 2.41 bits per heavy atom. The second-order valence-corrected chi connectivity index (χ2v) is 8.76. The summed E-state index contributed by atoms with van der Waals surface area (Å²) >= 11 is 3.18. The van der Waals surface area contributed by atoms with E-state index in [1.54, 1.807) is 6.07 Å². The molecular weight excluding hydrogens is 572 g/mol. The van der Waals surface area contributed by atoms with Crippen molar-refractivity contribution in [2.75, 3.05) is 12.4 Å². The zero-order valence-corrected chi connectivity index (χ0v) is 20.6. The third-order valence-electron chi connectivity index (χ3n) is 5.36. The molecule has 0 aliphatic rings. The molecule has 0 radical (unpaired) electrons. The number of pyridine rings is 2. The van der Waals surface area contributed by atoms with Crippen molar-refractivity contribution < 1.29 is 35.9 Å². The number of carbonyl (C=O) groups excluding carboxylic acids is 1. The Morgan fingerprint density at radius 1 is 1.08 bits per heavy atom. The van der Waals surface area contributed by atoms with Crippen LogP contribution in [0.25, 0.3) is 10.9 Å². The molecule has 0 aliphatic heterocycles. The number of carbonyl (C=O) groups is 1. The first-order valence-corrected chi connectivity index (χ1v) is 11.2. The lowest BCUT2D eigenvalue weighted by molar-refractivity contribution is -0.141. The van der Waals surface area contributed by atoms with E-state index in [4.69, 9.17) is 4.74 Å². The van der Waals surface area contributed by atoms with Crippen LogP contribution in [0.3, 0.4) is 0 Å². The van der Waals surface area contributed by atoms with Gasteiger partial charge in [-0.25, -0.2) is 9.97 Å². The number of rotatable bonds is 5. The van der Waals surface area contributed by atoms with E-state index in [2.05, 4.69) is 36.3 Å². The maximum Gasteiger partial charge on any atom is 0.437 e. The quantitative estimate of drug-likeness (QED) is 0.279. The summed E-state index contributed by atoms with van der Waals surface area (Å²) in [4.78, 5) is 20.7. The molecule has 0 unspecified atom stereocenters. The number of anilines is 1. The summed E-state index contributed by atoms with van der Waals surface area (Å²) < 4.78 is 88.2. The number of amides is 1. The Bertz CT molecular complexity index is 1480. The summed E-state index contributed by atoms with van der Waals surface area (Å²) in [6.45, 7) is 1.18. The number of ether oxygens (including phenoxy) is 1. The molecule has 0 aliphatic carbocycles. The highest BCUT2D eigenvalue weighted by Crippen LogP contribution is 2.37. The molecule has 0 bridgehead atoms. The smallest absolute Gasteiger partial charge is 0.437 e. The van der Waals surface area contributed by atoms with Crippen molar-refractivity contribution in [3.8, 4) is 5.88 Å². The molecule has 3 heterocycles. The van der Waals surface area contributed by atoms with E-state index < -0.39 is 40.9 Å². The number of halogens is 7. The maximum absolute atomic E-state index is 13.8. The van der Waals surface area contributed by atoms with Gasteiger partial charge in [0.1, 0.15) is 5.69 Å². The Hall–Kier alpha value is -3.68. The van der Waals surface area contributed by atoms with Gasteiger partial charge in [0, 0.05) is 22.1 Å². The van der Waals surface area contributed by atoms with E-state index in [9.17, 15) is 31.1 Å². The fourth-order valence-electron chi connectivity index (χ4n) is 3.56. The van der Waals surface area contributed by atoms with E-state index in [-0.39, 0.29) is 23.1 Å². The van der Waals surface area contributed by atoms with Crippen molar-refractivity contribution in [2.24, 2.45) is 0 Å². The van der Waals surface area contributed by atoms with Crippen LogP contribution in [0, 0.1) is 6.92 Å². The van der Waals surface area contributed by atoms with Gasteiger partial charge in [0.2, 0.25) is 5.88 Å². The highest BCUT2D eigenvalue weighted by atomic mass is 79.9. The van der Waals surface area contributed by atoms with E-state index in [0.29, 0.717) is 22.0 Å². The lowest BCUT2D eigenvalue weighted by atomic mass is 10.1. The number of aromatic nitrogens is 4. The standard InChI is InChI=1S/C23H16BrF6N5O2/c1-11-19(20(23(28,29)30)34-35(11)10-12-3-6-18(37-2)31-9-12)33-21(36)15-8-17(22(25,26)27)32-16-5-4-13(24)7-14(15)16/h3-9H,10H2,1-2H3,(H,33,36). The Kier molecular flexibility index (Phi) is 6.88. The third kappa shape index (κ3) is 5.53. The second kappa shape index (κ2) is 9.65. The first-order chi connectivity index (χ1) is 17.3. The molecule has 3 aromatic heterocycles. The Morgan fingerprint density at radius 2 is 1.81 bits per heavy atom. The Labute approximate surface area is 213 Å². The predicted molar refractivity (Wildman–Crippen MR) is 124 cm³/mol. The van der Waals surface area contributed by atoms with Crippen molar-refractivity contribution in [2.45, 2.75) is 25.8 Å². The van der Waals surface area contributed by atoms with Crippen LogP contribution in [0.15, 0.2) is 47.1 Å². The zero-order chi connectivity index (χ0) is 27.1. The van der Waals surface area contributed by atoms with Crippen LogP contribution in [-0.4, -0.2) is 32.8 Å². The van der Waals surface area contributed by atoms with Gasteiger partial charge in [-0.2, -0.15) is 31.4 Å². The lowest BCUT2D eigenvalue weighted by Crippen LogP contribution is -2.18. The van der Waals surface area contributed by atoms with Gasteiger partial charge in [0.25, 0.3) is 5.91 Å². The molecular formula is C23H16BrF6N5O2. The molecule has 0 fully saturated rings. The molecule has 0 atom stereocenters. The lowest BCUT2D eigenvalue weighted by Gasteiger charge is -2.13. The number of methoxy groups -OCH3 is 1. The average Bonchev–Trinajstić information content (AvgIpc) is 3.13. The van der Waals surface area contributed by atoms with Crippen LogP contribution >= 0.6 is 15.9 Å². The largest absolute Gasteiger partial charge is 0.481 e. The zero-order valence-electron chi connectivity index (χ0n) is 19.0. The van der Waals surface area contributed by atoms with Crippen LogP contribution < -0.4 is 10.1 Å². The summed E-state index contributed by atoms with van der Waals surface area (Å²) in [5, 5.41) is 5.76. The normalized spacial score (nSPS) is 12.1. The molecule has 0 spiro atoms. The van der Waals surface area contributed by atoms with Crippen molar-refractivity contribution in [1.29, 1.82) is 0 Å². The first kappa shape index (κ1) is 26.4. The van der Waals surface area contributed by atoms with Crippen molar-refractivity contribution in [3.63, 3.8) is 0 Å². The van der Waals surface area contributed by atoms with Crippen LogP contribution in [0.2, 0.25) is 0 Å². The number of nitrogens with zero attached hydrogens (tertiary/aromatic N) is 4. The number of hydrogen-bond donors (Lipinski definition) is 1. The fraction of sp³-hybridized carbons (Fsp3) is 0.217. The topological polar surface area (TPSA) is 81.9 Å². The van der Waals surface area contributed by atoms with Gasteiger partial charge in [-0.3, -0.25) is 9.48 Å². The molecule has 0 saturated heterocycles. The molecule has 1 amide bonds. The van der Waals surface area contributed by atoms with Gasteiger partial charge in [-0.15, -0.1) is 0 Å². The van der Waals surface area contributed by atoms with Gasteiger partial charge in [0.05, 0.1) is 36.1 Å². The van der Waals surface area contributed by atoms with Crippen LogP contribution in [0.4, 0.5) is 32.0 Å². The number of nitrogens with one attached hydrogen (secondary N) is 1. The van der Waals surface area contributed by atoms with E-state index in [0.717, 1.165) is 4.68 Å². The number of fused-ring (bicyclic) bond motifs is 1. The molecule has 37 heavy (non-hydrogen) atoms.